The summed E-state index contributed by atoms with van der Waals surface area (Å²) in [4.78, 5) is 39.4. The first kappa shape index (κ1) is 19.5. The van der Waals surface area contributed by atoms with E-state index < -0.39 is 41.3 Å². The average Bonchev–Trinajstić information content (AvgIpc) is 2.90. The summed E-state index contributed by atoms with van der Waals surface area (Å²) < 4.78 is 0. The van der Waals surface area contributed by atoms with Gasteiger partial charge in [-0.25, -0.2) is 9.78 Å². The molecule has 3 rings (SSSR count). The first-order valence-corrected chi connectivity index (χ1v) is 8.21. The molecule has 1 aromatic heterocycles. The van der Waals surface area contributed by atoms with Crippen molar-refractivity contribution in [1.82, 2.24) is 20.5 Å². The van der Waals surface area contributed by atoms with E-state index in [1.165, 1.54) is 25.0 Å². The summed E-state index contributed by atoms with van der Waals surface area (Å²) >= 11 is 1.25. The number of hydrogen-bond donors (Lipinski definition) is 5. The Morgan fingerprint density at radius 2 is 2.16 bits per heavy atom. The molecule has 25 heavy (non-hydrogen) atoms. The number of hydrogen-bond acceptors (Lipinski definition) is 7. The SMILES string of the molecule is C[C@H](N)C(=O)N[C@@]1(C(=O)O)C[C@@H](Sc2ncn[nH]2)C2[C@@H]1[C@H]2C(=O)O.Cl. The van der Waals surface area contributed by atoms with Crippen molar-refractivity contribution in [2.75, 3.05) is 0 Å². The Bertz CT molecular complexity index is 686. The summed E-state index contributed by atoms with van der Waals surface area (Å²) in [7, 11) is 0. The van der Waals surface area contributed by atoms with Crippen molar-refractivity contribution >= 4 is 42.0 Å². The minimum Gasteiger partial charge on any atom is -0.481 e. The van der Waals surface area contributed by atoms with Gasteiger partial charge < -0.3 is 21.3 Å². The number of carboxylic acids is 2. The number of thioether (sulfide) groups is 1. The summed E-state index contributed by atoms with van der Waals surface area (Å²) in [5.74, 6) is -4.76. The second-order valence-corrected chi connectivity index (χ2v) is 7.40. The maximum Gasteiger partial charge on any atom is 0.329 e. The number of aliphatic carboxylic acids is 2. The lowest BCUT2D eigenvalue weighted by atomic mass is 9.89. The Morgan fingerprint density at radius 1 is 1.48 bits per heavy atom. The second kappa shape index (κ2) is 6.81. The molecule has 2 aliphatic carbocycles. The fourth-order valence-corrected chi connectivity index (χ4v) is 4.95. The van der Waals surface area contributed by atoms with Crippen LogP contribution in [0.25, 0.3) is 0 Å². The molecular weight excluding hydrogens is 374 g/mol. The molecule has 0 aromatic carbocycles. The summed E-state index contributed by atoms with van der Waals surface area (Å²) in [6.45, 7) is 1.44. The van der Waals surface area contributed by atoms with E-state index in [1.807, 2.05) is 0 Å². The first-order valence-electron chi connectivity index (χ1n) is 7.33. The molecule has 6 N–H and O–H groups in total. The van der Waals surface area contributed by atoms with Gasteiger partial charge in [0, 0.05) is 11.2 Å². The molecule has 1 heterocycles. The number of rotatable bonds is 6. The van der Waals surface area contributed by atoms with E-state index in [1.54, 1.807) is 0 Å². The lowest BCUT2D eigenvalue weighted by Gasteiger charge is -2.30. The number of carbonyl (C=O) groups is 3. The van der Waals surface area contributed by atoms with Crippen molar-refractivity contribution in [2.24, 2.45) is 23.5 Å². The van der Waals surface area contributed by atoms with Crippen LogP contribution < -0.4 is 11.1 Å². The number of nitrogens with one attached hydrogen (secondary N) is 2. The molecular formula is C13H18ClN5O5S. The van der Waals surface area contributed by atoms with Gasteiger partial charge in [-0.2, -0.15) is 5.10 Å². The van der Waals surface area contributed by atoms with Crippen LogP contribution in [0, 0.1) is 17.8 Å². The lowest BCUT2D eigenvalue weighted by Crippen LogP contribution is -2.59. The summed E-state index contributed by atoms with van der Waals surface area (Å²) in [6, 6.07) is -0.886. The molecule has 1 aromatic rings. The molecule has 6 atom stereocenters. The van der Waals surface area contributed by atoms with Crippen LogP contribution in [-0.2, 0) is 14.4 Å². The van der Waals surface area contributed by atoms with Gasteiger partial charge in [-0.15, -0.1) is 12.4 Å². The molecule has 2 fully saturated rings. The van der Waals surface area contributed by atoms with Crippen LogP contribution in [0.2, 0.25) is 0 Å². The standard InChI is InChI=1S/C13H17N5O5S.ClH/c1-4(14)9(19)17-13(11(22)23)2-5(24-12-15-3-16-18-12)6-7(8(6)13)10(20)21;/h3-8H,2,14H2,1H3,(H,17,19)(H,20,21)(H,22,23)(H,15,16,18);1H/t4-,5+,6?,7-,8+,13-;/m0./s1. The van der Waals surface area contributed by atoms with E-state index in [-0.39, 0.29) is 30.0 Å². The smallest absolute Gasteiger partial charge is 0.329 e. The van der Waals surface area contributed by atoms with E-state index in [9.17, 15) is 24.6 Å². The number of carbonyl (C=O) groups excluding carboxylic acids is 1. The van der Waals surface area contributed by atoms with Crippen LogP contribution in [0.4, 0.5) is 0 Å². The summed E-state index contributed by atoms with van der Waals surface area (Å²) in [6.07, 6.45) is 1.42. The predicted molar refractivity (Wildman–Crippen MR) is 88.2 cm³/mol. The summed E-state index contributed by atoms with van der Waals surface area (Å²) in [5.41, 5.74) is 3.89. The normalized spacial score (nSPS) is 33.7. The third-order valence-corrected chi connectivity index (χ3v) is 5.88. The van der Waals surface area contributed by atoms with Crippen molar-refractivity contribution in [3.63, 3.8) is 0 Å². The fourth-order valence-electron chi connectivity index (χ4n) is 3.61. The molecule has 2 saturated carbocycles. The number of carboxylic acid groups (broad SMARTS) is 2. The van der Waals surface area contributed by atoms with Crippen molar-refractivity contribution in [3.05, 3.63) is 6.33 Å². The Balaban J connectivity index is 0.00000225. The molecule has 0 saturated heterocycles. The van der Waals surface area contributed by atoms with Crippen LogP contribution in [0.15, 0.2) is 11.5 Å². The Kier molecular flexibility index (Phi) is 5.30. The van der Waals surface area contributed by atoms with Gasteiger partial charge in [-0.1, -0.05) is 11.8 Å². The molecule has 12 heteroatoms. The monoisotopic (exact) mass is 391 g/mol. The van der Waals surface area contributed by atoms with E-state index in [0.717, 1.165) is 0 Å². The average molecular weight is 392 g/mol. The molecule has 138 valence electrons. The van der Waals surface area contributed by atoms with Crippen LogP contribution in [-0.4, -0.2) is 60.1 Å². The van der Waals surface area contributed by atoms with Crippen molar-refractivity contribution < 1.29 is 24.6 Å². The topological polar surface area (TPSA) is 171 Å². The zero-order valence-corrected chi connectivity index (χ0v) is 14.7. The maximum absolute atomic E-state index is 12.0. The quantitative estimate of drug-likeness (QED) is 0.421. The first-order chi connectivity index (χ1) is 11.3. The third kappa shape index (κ3) is 3.18. The van der Waals surface area contributed by atoms with E-state index in [2.05, 4.69) is 20.5 Å². The highest BCUT2D eigenvalue weighted by Gasteiger charge is 2.75. The van der Waals surface area contributed by atoms with Crippen LogP contribution in [0.1, 0.15) is 13.3 Å². The van der Waals surface area contributed by atoms with E-state index in [0.29, 0.717) is 5.16 Å². The number of aromatic amines is 1. The number of H-pyrrole nitrogens is 1. The van der Waals surface area contributed by atoms with Crippen molar-refractivity contribution in [3.8, 4) is 0 Å². The molecule has 1 amide bonds. The van der Waals surface area contributed by atoms with Crippen molar-refractivity contribution in [2.45, 2.75) is 35.3 Å². The second-order valence-electron chi connectivity index (χ2n) is 6.17. The Labute approximate surface area is 152 Å². The predicted octanol–water partition coefficient (Wildman–Crippen LogP) is -0.675. The largest absolute Gasteiger partial charge is 0.481 e. The fraction of sp³-hybridized carbons (Fsp3) is 0.615. The molecule has 10 nitrogen and oxygen atoms in total. The number of aromatic nitrogens is 3. The Hall–Kier alpha value is -1.85. The minimum absolute atomic E-state index is 0. The minimum atomic E-state index is -1.63. The van der Waals surface area contributed by atoms with Gasteiger partial charge in [-0.05, 0) is 19.3 Å². The lowest BCUT2D eigenvalue weighted by molar-refractivity contribution is -0.149. The van der Waals surface area contributed by atoms with Crippen LogP contribution in [0.5, 0.6) is 0 Å². The van der Waals surface area contributed by atoms with Crippen molar-refractivity contribution in [1.29, 1.82) is 0 Å². The van der Waals surface area contributed by atoms with E-state index in [4.69, 9.17) is 5.73 Å². The molecule has 0 radical (unpaired) electrons. The Morgan fingerprint density at radius 3 is 2.64 bits per heavy atom. The number of nitrogens with zero attached hydrogens (tertiary/aromatic N) is 2. The molecule has 0 aliphatic heterocycles. The van der Waals surface area contributed by atoms with Gasteiger partial charge in [0.2, 0.25) is 5.91 Å². The van der Waals surface area contributed by atoms with Crippen LogP contribution >= 0.6 is 24.2 Å². The van der Waals surface area contributed by atoms with Crippen LogP contribution in [0.3, 0.4) is 0 Å². The number of amides is 1. The van der Waals surface area contributed by atoms with Gasteiger partial charge in [0.25, 0.3) is 0 Å². The van der Waals surface area contributed by atoms with Gasteiger partial charge >= 0.3 is 11.9 Å². The van der Waals surface area contributed by atoms with Gasteiger partial charge in [0.05, 0.1) is 12.0 Å². The molecule has 2 aliphatic rings. The molecule has 1 unspecified atom stereocenters. The molecule has 0 bridgehead atoms. The highest BCUT2D eigenvalue weighted by molar-refractivity contribution is 7.99. The number of halogens is 1. The van der Waals surface area contributed by atoms with Gasteiger partial charge in [-0.3, -0.25) is 14.7 Å². The number of fused-ring (bicyclic) bond motifs is 1. The number of nitrogens with two attached hydrogens (primary N) is 1. The maximum atomic E-state index is 12.0. The highest BCUT2D eigenvalue weighted by atomic mass is 35.5. The summed E-state index contributed by atoms with van der Waals surface area (Å²) in [5, 5.41) is 28.2. The van der Waals surface area contributed by atoms with Gasteiger partial charge in [0.15, 0.2) is 5.16 Å². The zero-order chi connectivity index (χ0) is 17.6. The zero-order valence-electron chi connectivity index (χ0n) is 13.1. The highest BCUT2D eigenvalue weighted by Crippen LogP contribution is 2.65. The molecule has 0 spiro atoms. The van der Waals surface area contributed by atoms with Gasteiger partial charge in [0.1, 0.15) is 11.9 Å². The van der Waals surface area contributed by atoms with E-state index >= 15 is 0 Å². The third-order valence-electron chi connectivity index (χ3n) is 4.68.